The Morgan fingerprint density at radius 3 is 2.71 bits per heavy atom. The van der Waals surface area contributed by atoms with Gasteiger partial charge in [-0.05, 0) is 41.8 Å². The third-order valence-corrected chi connectivity index (χ3v) is 3.48. The van der Waals surface area contributed by atoms with Gasteiger partial charge in [0.05, 0.1) is 13.0 Å². The zero-order valence-electron chi connectivity index (χ0n) is 11.5. The third-order valence-electron chi connectivity index (χ3n) is 3.12. The van der Waals surface area contributed by atoms with Crippen LogP contribution >= 0.6 is 11.6 Å². The zero-order chi connectivity index (χ0) is 15.4. The van der Waals surface area contributed by atoms with Crippen molar-refractivity contribution in [3.05, 3.63) is 63.9 Å². The summed E-state index contributed by atoms with van der Waals surface area (Å²) in [5, 5.41) is 12.1. The van der Waals surface area contributed by atoms with Crippen molar-refractivity contribution < 1.29 is 14.3 Å². The number of benzene rings is 2. The van der Waals surface area contributed by atoms with Crippen molar-refractivity contribution >= 4 is 23.2 Å². The summed E-state index contributed by atoms with van der Waals surface area (Å²) in [7, 11) is 0. The first-order chi connectivity index (χ1) is 9.99. The molecule has 0 aromatic heterocycles. The molecule has 2 N–H and O–H groups in total. The molecule has 0 aliphatic heterocycles. The predicted octanol–water partition coefficient (Wildman–Crippen LogP) is 3.46. The Balaban J connectivity index is 2.11. The fourth-order valence-electron chi connectivity index (χ4n) is 1.93. The van der Waals surface area contributed by atoms with E-state index in [0.29, 0.717) is 11.3 Å². The molecule has 0 spiro atoms. The minimum atomic E-state index is -0.435. The molecule has 0 atom stereocenters. The molecule has 1 amide bonds. The van der Waals surface area contributed by atoms with Gasteiger partial charge in [0.1, 0.15) is 5.82 Å². The van der Waals surface area contributed by atoms with E-state index in [4.69, 9.17) is 16.7 Å². The van der Waals surface area contributed by atoms with Crippen LogP contribution in [0.4, 0.5) is 10.1 Å². The molecule has 21 heavy (non-hydrogen) atoms. The van der Waals surface area contributed by atoms with Crippen LogP contribution in [0.2, 0.25) is 5.02 Å². The van der Waals surface area contributed by atoms with E-state index in [0.717, 1.165) is 11.1 Å². The molecule has 2 aromatic rings. The molecule has 0 aliphatic carbocycles. The quantitative estimate of drug-likeness (QED) is 0.909. The fourth-order valence-corrected chi connectivity index (χ4v) is 2.17. The minimum absolute atomic E-state index is 0.0574. The minimum Gasteiger partial charge on any atom is -0.392 e. The number of halogens is 2. The van der Waals surface area contributed by atoms with Crippen LogP contribution in [0.15, 0.2) is 36.4 Å². The normalized spacial score (nSPS) is 10.5. The van der Waals surface area contributed by atoms with E-state index in [1.807, 2.05) is 13.0 Å². The Bertz CT molecular complexity index is 673. The van der Waals surface area contributed by atoms with Gasteiger partial charge in [-0.25, -0.2) is 4.39 Å². The predicted molar refractivity (Wildman–Crippen MR) is 80.8 cm³/mol. The first-order valence-electron chi connectivity index (χ1n) is 6.44. The average molecular weight is 308 g/mol. The lowest BCUT2D eigenvalue weighted by molar-refractivity contribution is -0.115. The fraction of sp³-hybridized carbons (Fsp3) is 0.188. The molecule has 0 heterocycles. The molecular weight excluding hydrogens is 293 g/mol. The number of aryl methyl sites for hydroxylation is 1. The molecule has 3 nitrogen and oxygen atoms in total. The molecule has 110 valence electrons. The highest BCUT2D eigenvalue weighted by atomic mass is 35.5. The first kappa shape index (κ1) is 15.5. The van der Waals surface area contributed by atoms with Gasteiger partial charge in [-0.15, -0.1) is 0 Å². The summed E-state index contributed by atoms with van der Waals surface area (Å²) in [6.45, 7) is 1.77. The molecule has 2 aromatic carbocycles. The molecule has 0 saturated carbocycles. The third kappa shape index (κ3) is 4.03. The van der Waals surface area contributed by atoms with Crippen LogP contribution in [0.3, 0.4) is 0 Å². The number of anilines is 1. The van der Waals surface area contributed by atoms with E-state index in [1.54, 1.807) is 12.1 Å². The lowest BCUT2D eigenvalue weighted by Crippen LogP contribution is -2.15. The van der Waals surface area contributed by atoms with Gasteiger partial charge < -0.3 is 10.4 Å². The zero-order valence-corrected chi connectivity index (χ0v) is 12.2. The average Bonchev–Trinajstić information content (AvgIpc) is 2.44. The summed E-state index contributed by atoms with van der Waals surface area (Å²) in [6.07, 6.45) is 0.0574. The summed E-state index contributed by atoms with van der Waals surface area (Å²) < 4.78 is 13.0. The number of rotatable bonds is 4. The number of aliphatic hydroxyl groups excluding tert-OH is 1. The number of nitrogens with one attached hydrogen (secondary N) is 1. The molecule has 0 unspecified atom stereocenters. The molecular formula is C16H15ClFNO2. The number of amides is 1. The van der Waals surface area contributed by atoms with Gasteiger partial charge >= 0.3 is 0 Å². The van der Waals surface area contributed by atoms with Crippen LogP contribution in [-0.4, -0.2) is 11.0 Å². The van der Waals surface area contributed by atoms with Crippen molar-refractivity contribution in [2.75, 3.05) is 5.32 Å². The Labute approximate surface area is 127 Å². The summed E-state index contributed by atoms with van der Waals surface area (Å²) in [5.41, 5.74) is 2.82. The maximum atomic E-state index is 13.0. The number of carbonyl (C=O) groups is 1. The van der Waals surface area contributed by atoms with Crippen LogP contribution < -0.4 is 5.32 Å². The largest absolute Gasteiger partial charge is 0.392 e. The highest BCUT2D eigenvalue weighted by Gasteiger charge is 2.10. The Kier molecular flexibility index (Phi) is 4.94. The topological polar surface area (TPSA) is 49.3 Å². The summed E-state index contributed by atoms with van der Waals surface area (Å²) >= 11 is 5.90. The van der Waals surface area contributed by atoms with Gasteiger partial charge in [-0.1, -0.05) is 29.8 Å². The van der Waals surface area contributed by atoms with Gasteiger partial charge in [0.15, 0.2) is 0 Å². The number of hydrogen-bond donors (Lipinski definition) is 2. The van der Waals surface area contributed by atoms with Crippen LogP contribution in [0, 0.1) is 12.7 Å². The maximum absolute atomic E-state index is 13.0. The lowest BCUT2D eigenvalue weighted by Gasteiger charge is -2.10. The molecule has 0 aliphatic rings. The first-order valence-corrected chi connectivity index (χ1v) is 6.81. The summed E-state index contributed by atoms with van der Waals surface area (Å²) in [5.74, 6) is -0.683. The second-order valence-corrected chi connectivity index (χ2v) is 5.18. The SMILES string of the molecule is Cc1ccc(CO)cc1NC(=O)Cc1ccc(F)cc1Cl. The smallest absolute Gasteiger partial charge is 0.228 e. The number of carbonyl (C=O) groups excluding carboxylic acids is 1. The van der Waals surface area contributed by atoms with Crippen molar-refractivity contribution in [2.45, 2.75) is 20.0 Å². The van der Waals surface area contributed by atoms with Gasteiger partial charge in [-0.2, -0.15) is 0 Å². The van der Waals surface area contributed by atoms with Gasteiger partial charge in [0, 0.05) is 10.7 Å². The van der Waals surface area contributed by atoms with E-state index in [1.165, 1.54) is 18.2 Å². The molecule has 5 heteroatoms. The lowest BCUT2D eigenvalue weighted by atomic mass is 10.1. The molecule has 0 radical (unpaired) electrons. The van der Waals surface area contributed by atoms with Crippen molar-refractivity contribution in [3.63, 3.8) is 0 Å². The second-order valence-electron chi connectivity index (χ2n) is 4.77. The van der Waals surface area contributed by atoms with Crippen molar-refractivity contribution in [3.8, 4) is 0 Å². The summed E-state index contributed by atoms with van der Waals surface area (Å²) in [6, 6.07) is 9.29. The second kappa shape index (κ2) is 6.70. The van der Waals surface area contributed by atoms with Crippen molar-refractivity contribution in [1.82, 2.24) is 0 Å². The molecule has 0 bridgehead atoms. The Hall–Kier alpha value is -1.91. The monoisotopic (exact) mass is 307 g/mol. The van der Waals surface area contributed by atoms with Gasteiger partial charge in [-0.3, -0.25) is 4.79 Å². The van der Waals surface area contributed by atoms with Gasteiger partial charge in [0.2, 0.25) is 5.91 Å². The molecule has 2 rings (SSSR count). The number of hydrogen-bond acceptors (Lipinski definition) is 2. The highest BCUT2D eigenvalue weighted by Crippen LogP contribution is 2.20. The van der Waals surface area contributed by atoms with Crippen LogP contribution in [0.5, 0.6) is 0 Å². The standard InChI is InChI=1S/C16H15ClFNO2/c1-10-2-3-11(9-20)6-15(10)19-16(21)7-12-4-5-13(18)8-14(12)17/h2-6,8,20H,7,9H2,1H3,(H,19,21). The Morgan fingerprint density at radius 1 is 1.29 bits per heavy atom. The van der Waals surface area contributed by atoms with Crippen LogP contribution in [-0.2, 0) is 17.8 Å². The maximum Gasteiger partial charge on any atom is 0.228 e. The molecule has 0 saturated heterocycles. The van der Waals surface area contributed by atoms with E-state index in [2.05, 4.69) is 5.32 Å². The van der Waals surface area contributed by atoms with Gasteiger partial charge in [0.25, 0.3) is 0 Å². The number of aliphatic hydroxyl groups is 1. The van der Waals surface area contributed by atoms with E-state index >= 15 is 0 Å². The van der Waals surface area contributed by atoms with E-state index in [9.17, 15) is 9.18 Å². The van der Waals surface area contributed by atoms with E-state index in [-0.39, 0.29) is 24.0 Å². The van der Waals surface area contributed by atoms with Crippen molar-refractivity contribution in [1.29, 1.82) is 0 Å². The molecule has 0 fully saturated rings. The van der Waals surface area contributed by atoms with Crippen LogP contribution in [0.25, 0.3) is 0 Å². The van der Waals surface area contributed by atoms with Crippen LogP contribution in [0.1, 0.15) is 16.7 Å². The van der Waals surface area contributed by atoms with E-state index < -0.39 is 5.82 Å². The summed E-state index contributed by atoms with van der Waals surface area (Å²) in [4.78, 5) is 12.0. The Morgan fingerprint density at radius 2 is 2.05 bits per heavy atom. The van der Waals surface area contributed by atoms with Crippen molar-refractivity contribution in [2.24, 2.45) is 0 Å². The highest BCUT2D eigenvalue weighted by molar-refractivity contribution is 6.31.